The third-order valence-corrected chi connectivity index (χ3v) is 6.24. The number of rotatable bonds is 4. The molecule has 2 heterocycles. The van der Waals surface area contributed by atoms with Crippen LogP contribution in [-0.4, -0.2) is 4.98 Å². The molecule has 0 spiro atoms. The molecule has 30 heavy (non-hydrogen) atoms. The van der Waals surface area contributed by atoms with Crippen LogP contribution in [0.15, 0.2) is 67.7 Å². The smallest absolute Gasteiger partial charge is 0.345 e. The molecule has 0 aliphatic carbocycles. The van der Waals surface area contributed by atoms with Crippen molar-refractivity contribution in [2.24, 2.45) is 0 Å². The van der Waals surface area contributed by atoms with Gasteiger partial charge in [-0.2, -0.15) is 5.26 Å². The third-order valence-electron chi connectivity index (χ3n) is 4.13. The summed E-state index contributed by atoms with van der Waals surface area (Å²) in [5.74, 6) is 0. The molecule has 0 saturated heterocycles. The highest BCUT2D eigenvalue weighted by Gasteiger charge is 2.14. The second-order valence-corrected chi connectivity index (χ2v) is 8.70. The molecule has 148 valence electrons. The predicted molar refractivity (Wildman–Crippen MR) is 125 cm³/mol. The van der Waals surface area contributed by atoms with Gasteiger partial charge >= 0.3 is 5.63 Å². The Morgan fingerprint density at radius 3 is 2.80 bits per heavy atom. The van der Waals surface area contributed by atoms with Crippen LogP contribution < -0.4 is 10.9 Å². The molecule has 0 atom stereocenters. The molecule has 0 bridgehead atoms. The fraction of sp³-hybridized carbons (Fsp3) is 0. The number of nitriles is 1. The first-order valence-electron chi connectivity index (χ1n) is 8.46. The van der Waals surface area contributed by atoms with Gasteiger partial charge in [0.15, 0.2) is 0 Å². The minimum Gasteiger partial charge on any atom is -0.422 e. The zero-order chi connectivity index (χ0) is 21.3. The first-order chi connectivity index (χ1) is 14.4. The molecule has 1 N–H and O–H groups in total. The second-order valence-electron chi connectivity index (χ2n) is 6.11. The van der Waals surface area contributed by atoms with Crippen LogP contribution in [0.3, 0.4) is 0 Å². The highest BCUT2D eigenvalue weighted by molar-refractivity contribution is 9.10. The molecule has 0 unspecified atom stereocenters. The maximum Gasteiger partial charge on any atom is 0.345 e. The van der Waals surface area contributed by atoms with Gasteiger partial charge in [-0.1, -0.05) is 39.1 Å². The molecule has 2 aromatic carbocycles. The van der Waals surface area contributed by atoms with Gasteiger partial charge in [0.25, 0.3) is 0 Å². The Morgan fingerprint density at radius 1 is 1.20 bits per heavy atom. The molecule has 4 rings (SSSR count). The summed E-state index contributed by atoms with van der Waals surface area (Å²) in [6.07, 6.45) is 1.53. The Balaban J connectivity index is 1.66. The van der Waals surface area contributed by atoms with Crippen molar-refractivity contribution in [1.82, 2.24) is 4.98 Å². The normalized spacial score (nSPS) is 11.5. The lowest BCUT2D eigenvalue weighted by molar-refractivity contribution is 0.563. The van der Waals surface area contributed by atoms with E-state index in [9.17, 15) is 10.1 Å². The molecule has 5 nitrogen and oxygen atoms in total. The van der Waals surface area contributed by atoms with Crippen molar-refractivity contribution in [3.63, 3.8) is 0 Å². The van der Waals surface area contributed by atoms with Gasteiger partial charge < -0.3 is 9.73 Å². The highest BCUT2D eigenvalue weighted by Crippen LogP contribution is 2.28. The van der Waals surface area contributed by atoms with Crippen molar-refractivity contribution in [2.75, 3.05) is 5.32 Å². The van der Waals surface area contributed by atoms with Gasteiger partial charge in [0.1, 0.15) is 22.2 Å². The van der Waals surface area contributed by atoms with Crippen molar-refractivity contribution in [3.8, 4) is 17.3 Å². The van der Waals surface area contributed by atoms with Crippen LogP contribution >= 0.6 is 50.5 Å². The molecular weight excluding hydrogens is 509 g/mol. The van der Waals surface area contributed by atoms with Crippen LogP contribution in [-0.2, 0) is 0 Å². The van der Waals surface area contributed by atoms with Gasteiger partial charge in [-0.3, -0.25) is 0 Å². The molecule has 0 amide bonds. The van der Waals surface area contributed by atoms with E-state index in [1.165, 1.54) is 17.5 Å². The largest absolute Gasteiger partial charge is 0.422 e. The fourth-order valence-electron chi connectivity index (χ4n) is 2.68. The molecule has 0 aliphatic heterocycles. The van der Waals surface area contributed by atoms with Gasteiger partial charge in [0.2, 0.25) is 0 Å². The first kappa shape index (κ1) is 20.6. The Hall–Kier alpha value is -2.63. The number of fused-ring (bicyclic) bond motifs is 1. The lowest BCUT2D eigenvalue weighted by atomic mass is 10.1. The fourth-order valence-corrected chi connectivity index (χ4v) is 4.14. The van der Waals surface area contributed by atoms with Crippen molar-refractivity contribution in [1.29, 1.82) is 5.26 Å². The average Bonchev–Trinajstić information content (AvgIpc) is 3.20. The summed E-state index contributed by atoms with van der Waals surface area (Å²) >= 11 is 16.6. The number of nitrogens with zero attached hydrogens (tertiary/aromatic N) is 2. The van der Waals surface area contributed by atoms with E-state index >= 15 is 0 Å². The lowest BCUT2D eigenvalue weighted by Crippen LogP contribution is -2.03. The van der Waals surface area contributed by atoms with E-state index in [-0.39, 0.29) is 0 Å². The Morgan fingerprint density at radius 2 is 2.03 bits per heavy atom. The number of anilines is 1. The Bertz CT molecular complexity index is 1410. The number of halogens is 3. The quantitative estimate of drug-likeness (QED) is 0.233. The summed E-state index contributed by atoms with van der Waals surface area (Å²) < 4.78 is 6.27. The monoisotopic (exact) mass is 517 g/mol. The zero-order valence-corrected chi connectivity index (χ0v) is 18.9. The summed E-state index contributed by atoms with van der Waals surface area (Å²) in [6, 6.07) is 14.3. The molecular formula is C21H10BrCl2N3O2S. The van der Waals surface area contributed by atoms with Gasteiger partial charge in [0, 0.05) is 27.1 Å². The summed E-state index contributed by atoms with van der Waals surface area (Å²) in [7, 11) is 0. The zero-order valence-electron chi connectivity index (χ0n) is 14.9. The first-order valence-corrected chi connectivity index (χ1v) is 10.9. The molecule has 4 aromatic rings. The van der Waals surface area contributed by atoms with Gasteiger partial charge in [-0.05, 0) is 42.5 Å². The minimum atomic E-state index is -0.488. The number of nitrogens with one attached hydrogen (secondary N) is 1. The summed E-state index contributed by atoms with van der Waals surface area (Å²) in [5.41, 5.74) is 1.77. The van der Waals surface area contributed by atoms with E-state index in [4.69, 9.17) is 27.6 Å². The van der Waals surface area contributed by atoms with Crippen LogP contribution in [0, 0.1) is 11.3 Å². The molecule has 9 heteroatoms. The molecule has 0 aliphatic rings. The Labute approximate surface area is 193 Å². The average molecular weight is 519 g/mol. The van der Waals surface area contributed by atoms with Crippen LogP contribution in [0.2, 0.25) is 10.0 Å². The third kappa shape index (κ3) is 4.27. The van der Waals surface area contributed by atoms with Crippen LogP contribution in [0.1, 0.15) is 5.01 Å². The van der Waals surface area contributed by atoms with E-state index in [1.807, 2.05) is 6.07 Å². The maximum absolute atomic E-state index is 12.4. The SMILES string of the molecule is N#C/C(=C\Nc1ccc(Cl)c(Cl)c1)c1nc(-c2cc3cc(Br)ccc3oc2=O)cs1. The summed E-state index contributed by atoms with van der Waals surface area (Å²) in [6.45, 7) is 0. The lowest BCUT2D eigenvalue weighted by Gasteiger charge is -2.03. The highest BCUT2D eigenvalue weighted by atomic mass is 79.9. The molecule has 2 aromatic heterocycles. The van der Waals surface area contributed by atoms with Gasteiger partial charge in [-0.15, -0.1) is 11.3 Å². The van der Waals surface area contributed by atoms with E-state index in [2.05, 4.69) is 32.3 Å². The minimum absolute atomic E-state index is 0.310. The summed E-state index contributed by atoms with van der Waals surface area (Å²) in [5, 5.41) is 16.3. The predicted octanol–water partition coefficient (Wildman–Crippen LogP) is 6.96. The number of aromatic nitrogens is 1. The van der Waals surface area contributed by atoms with E-state index in [0.717, 1.165) is 9.86 Å². The van der Waals surface area contributed by atoms with Crippen molar-refractivity contribution in [2.45, 2.75) is 0 Å². The van der Waals surface area contributed by atoms with E-state index < -0.39 is 5.63 Å². The summed E-state index contributed by atoms with van der Waals surface area (Å²) in [4.78, 5) is 16.9. The number of allylic oxidation sites excluding steroid dienone is 1. The number of thiazole rings is 1. The second kappa shape index (κ2) is 8.62. The van der Waals surface area contributed by atoms with E-state index in [0.29, 0.717) is 43.2 Å². The van der Waals surface area contributed by atoms with Crippen molar-refractivity contribution in [3.05, 3.63) is 84.0 Å². The number of benzene rings is 2. The molecule has 0 saturated carbocycles. The van der Waals surface area contributed by atoms with Crippen LogP contribution in [0.4, 0.5) is 5.69 Å². The van der Waals surface area contributed by atoms with Gasteiger partial charge in [-0.25, -0.2) is 9.78 Å². The van der Waals surface area contributed by atoms with Crippen LogP contribution in [0.5, 0.6) is 0 Å². The molecule has 0 radical (unpaired) electrons. The Kier molecular flexibility index (Phi) is 5.93. The maximum atomic E-state index is 12.4. The number of hydrogen-bond acceptors (Lipinski definition) is 6. The van der Waals surface area contributed by atoms with E-state index in [1.54, 1.807) is 41.8 Å². The van der Waals surface area contributed by atoms with Gasteiger partial charge in [0.05, 0.1) is 21.3 Å². The topological polar surface area (TPSA) is 78.9 Å². The number of hydrogen-bond donors (Lipinski definition) is 1. The standard InChI is InChI=1S/C21H10BrCl2N3O2S/c22-13-1-4-19-11(5-13)6-15(21(28)29-19)18-10-30-20(27-18)12(8-25)9-26-14-2-3-16(23)17(24)7-14/h1-7,9-10,26H/b12-9+. The van der Waals surface area contributed by atoms with Crippen molar-refractivity contribution < 1.29 is 4.42 Å². The van der Waals surface area contributed by atoms with Crippen molar-refractivity contribution >= 4 is 72.7 Å². The molecule has 0 fully saturated rings. The van der Waals surface area contributed by atoms with Crippen LogP contribution in [0.25, 0.3) is 27.8 Å².